The number of hydrogen-bond donors (Lipinski definition) is 0. The summed E-state index contributed by atoms with van der Waals surface area (Å²) >= 11 is 0. The Morgan fingerprint density at radius 1 is 1.38 bits per heavy atom. The highest BCUT2D eigenvalue weighted by Crippen LogP contribution is 2.53. The fourth-order valence-electron chi connectivity index (χ4n) is 3.00. The number of allylic oxidation sites excluding steroid dienone is 1. The van der Waals surface area contributed by atoms with E-state index >= 15 is 0 Å². The summed E-state index contributed by atoms with van der Waals surface area (Å²) in [5.74, 6) is 4.60. The van der Waals surface area contributed by atoms with Crippen molar-refractivity contribution < 1.29 is 0 Å². The Balaban J connectivity index is 2.33. The first-order valence-electron chi connectivity index (χ1n) is 5.74. The van der Waals surface area contributed by atoms with Gasteiger partial charge in [0.15, 0.2) is 0 Å². The van der Waals surface area contributed by atoms with Crippen molar-refractivity contribution in [3.63, 3.8) is 0 Å². The van der Waals surface area contributed by atoms with Gasteiger partial charge in [-0.2, -0.15) is 0 Å². The van der Waals surface area contributed by atoms with Crippen LogP contribution in [0, 0.1) is 29.6 Å². The standard InChI is InChI=1S/C13H24/c1-6-9(3)8-10(4)13-11(5)12(13)7-2/h6,9-13H,1,7-8H2,2-5H3. The predicted octanol–water partition coefficient (Wildman–Crippen LogP) is 4.13. The van der Waals surface area contributed by atoms with E-state index in [-0.39, 0.29) is 0 Å². The van der Waals surface area contributed by atoms with E-state index in [2.05, 4.69) is 40.3 Å². The monoisotopic (exact) mass is 180 g/mol. The molecule has 0 saturated heterocycles. The van der Waals surface area contributed by atoms with E-state index in [1.807, 2.05) is 0 Å². The third-order valence-corrected chi connectivity index (χ3v) is 3.91. The zero-order valence-corrected chi connectivity index (χ0v) is 9.59. The Kier molecular flexibility index (Phi) is 3.58. The molecule has 5 unspecified atom stereocenters. The molecule has 13 heavy (non-hydrogen) atoms. The zero-order valence-electron chi connectivity index (χ0n) is 9.59. The Labute approximate surface area is 83.4 Å². The van der Waals surface area contributed by atoms with Crippen LogP contribution in [0.3, 0.4) is 0 Å². The second-order valence-electron chi connectivity index (χ2n) is 4.93. The first kappa shape index (κ1) is 10.8. The molecule has 1 aliphatic rings. The van der Waals surface area contributed by atoms with Gasteiger partial charge in [0.2, 0.25) is 0 Å². The second kappa shape index (κ2) is 4.30. The van der Waals surface area contributed by atoms with Crippen LogP contribution >= 0.6 is 0 Å². The van der Waals surface area contributed by atoms with Crippen LogP contribution in [0.5, 0.6) is 0 Å². The fraction of sp³-hybridized carbons (Fsp3) is 0.846. The van der Waals surface area contributed by atoms with Gasteiger partial charge in [-0.15, -0.1) is 6.58 Å². The Morgan fingerprint density at radius 3 is 2.38 bits per heavy atom. The van der Waals surface area contributed by atoms with Gasteiger partial charge < -0.3 is 0 Å². The van der Waals surface area contributed by atoms with Crippen LogP contribution in [0.25, 0.3) is 0 Å². The van der Waals surface area contributed by atoms with Crippen LogP contribution in [0.15, 0.2) is 12.7 Å². The maximum Gasteiger partial charge on any atom is -0.0262 e. The highest BCUT2D eigenvalue weighted by atomic mass is 14.5. The van der Waals surface area contributed by atoms with Gasteiger partial charge in [-0.05, 0) is 36.0 Å². The minimum absolute atomic E-state index is 0.695. The largest absolute Gasteiger partial charge is 0.103 e. The molecule has 1 saturated carbocycles. The summed E-state index contributed by atoms with van der Waals surface area (Å²) in [7, 11) is 0. The van der Waals surface area contributed by atoms with Gasteiger partial charge in [0.25, 0.3) is 0 Å². The minimum Gasteiger partial charge on any atom is -0.103 e. The molecule has 76 valence electrons. The molecule has 0 N–H and O–H groups in total. The van der Waals surface area contributed by atoms with Crippen molar-refractivity contribution in [1.82, 2.24) is 0 Å². The Bertz CT molecular complexity index is 171. The molecule has 0 heterocycles. The average Bonchev–Trinajstić information content (AvgIpc) is 2.76. The molecule has 1 fully saturated rings. The fourth-order valence-corrected chi connectivity index (χ4v) is 3.00. The molecular formula is C13H24. The highest BCUT2D eigenvalue weighted by molar-refractivity contribution is 4.96. The van der Waals surface area contributed by atoms with Crippen molar-refractivity contribution in [2.24, 2.45) is 29.6 Å². The number of hydrogen-bond acceptors (Lipinski definition) is 0. The van der Waals surface area contributed by atoms with Crippen molar-refractivity contribution in [2.75, 3.05) is 0 Å². The normalized spacial score (nSPS) is 36.8. The lowest BCUT2D eigenvalue weighted by atomic mass is 9.92. The smallest absolute Gasteiger partial charge is 0.0262 e. The van der Waals surface area contributed by atoms with Crippen LogP contribution in [-0.4, -0.2) is 0 Å². The van der Waals surface area contributed by atoms with E-state index in [9.17, 15) is 0 Å². The van der Waals surface area contributed by atoms with Gasteiger partial charge in [-0.3, -0.25) is 0 Å². The summed E-state index contributed by atoms with van der Waals surface area (Å²) in [5.41, 5.74) is 0. The minimum atomic E-state index is 0.695. The summed E-state index contributed by atoms with van der Waals surface area (Å²) < 4.78 is 0. The van der Waals surface area contributed by atoms with Crippen LogP contribution in [0.1, 0.15) is 40.5 Å². The molecule has 0 aliphatic heterocycles. The first-order valence-corrected chi connectivity index (χ1v) is 5.74. The van der Waals surface area contributed by atoms with E-state index in [0.717, 1.165) is 23.7 Å². The topological polar surface area (TPSA) is 0 Å². The van der Waals surface area contributed by atoms with Crippen molar-refractivity contribution in [3.05, 3.63) is 12.7 Å². The molecule has 0 spiro atoms. The molecule has 0 aromatic carbocycles. The molecule has 0 aromatic heterocycles. The molecular weight excluding hydrogens is 156 g/mol. The van der Waals surface area contributed by atoms with Gasteiger partial charge in [0.05, 0.1) is 0 Å². The van der Waals surface area contributed by atoms with Gasteiger partial charge in [-0.1, -0.05) is 40.2 Å². The van der Waals surface area contributed by atoms with E-state index < -0.39 is 0 Å². The Morgan fingerprint density at radius 2 is 2.00 bits per heavy atom. The van der Waals surface area contributed by atoms with Crippen LogP contribution < -0.4 is 0 Å². The van der Waals surface area contributed by atoms with Crippen molar-refractivity contribution >= 4 is 0 Å². The summed E-state index contributed by atoms with van der Waals surface area (Å²) in [6.45, 7) is 13.3. The molecule has 0 amide bonds. The van der Waals surface area contributed by atoms with Crippen LogP contribution in [0.2, 0.25) is 0 Å². The molecule has 0 aromatic rings. The lowest BCUT2D eigenvalue weighted by molar-refractivity contribution is 0.390. The van der Waals surface area contributed by atoms with E-state index in [4.69, 9.17) is 0 Å². The SMILES string of the molecule is C=CC(C)CC(C)C1C(C)C1CC. The molecule has 0 bridgehead atoms. The van der Waals surface area contributed by atoms with Gasteiger partial charge in [-0.25, -0.2) is 0 Å². The van der Waals surface area contributed by atoms with Gasteiger partial charge in [0.1, 0.15) is 0 Å². The molecule has 0 nitrogen and oxygen atoms in total. The van der Waals surface area contributed by atoms with E-state index in [1.54, 1.807) is 0 Å². The van der Waals surface area contributed by atoms with Crippen molar-refractivity contribution in [2.45, 2.75) is 40.5 Å². The lowest BCUT2D eigenvalue weighted by Gasteiger charge is -2.14. The second-order valence-corrected chi connectivity index (χ2v) is 4.93. The molecule has 1 rings (SSSR count). The maximum atomic E-state index is 3.85. The lowest BCUT2D eigenvalue weighted by Crippen LogP contribution is -2.04. The molecule has 0 heteroatoms. The maximum absolute atomic E-state index is 3.85. The predicted molar refractivity (Wildman–Crippen MR) is 59.6 cm³/mol. The number of rotatable bonds is 5. The van der Waals surface area contributed by atoms with Gasteiger partial charge in [0, 0.05) is 0 Å². The summed E-state index contributed by atoms with van der Waals surface area (Å²) in [4.78, 5) is 0. The van der Waals surface area contributed by atoms with Crippen LogP contribution in [-0.2, 0) is 0 Å². The summed E-state index contributed by atoms with van der Waals surface area (Å²) in [5, 5.41) is 0. The summed E-state index contributed by atoms with van der Waals surface area (Å²) in [6.07, 6.45) is 4.79. The Hall–Kier alpha value is -0.260. The third-order valence-electron chi connectivity index (χ3n) is 3.91. The average molecular weight is 180 g/mol. The zero-order chi connectivity index (χ0) is 10.0. The highest BCUT2D eigenvalue weighted by Gasteiger charge is 2.47. The molecule has 0 radical (unpaired) electrons. The third kappa shape index (κ3) is 2.36. The van der Waals surface area contributed by atoms with E-state index in [1.165, 1.54) is 12.8 Å². The summed E-state index contributed by atoms with van der Waals surface area (Å²) in [6, 6.07) is 0. The van der Waals surface area contributed by atoms with Crippen LogP contribution in [0.4, 0.5) is 0 Å². The molecule has 1 aliphatic carbocycles. The first-order chi connectivity index (χ1) is 6.11. The van der Waals surface area contributed by atoms with E-state index in [0.29, 0.717) is 5.92 Å². The quantitative estimate of drug-likeness (QED) is 0.558. The van der Waals surface area contributed by atoms with Crippen molar-refractivity contribution in [3.8, 4) is 0 Å². The van der Waals surface area contributed by atoms with Crippen molar-refractivity contribution in [1.29, 1.82) is 0 Å². The molecule has 5 atom stereocenters. The van der Waals surface area contributed by atoms with Gasteiger partial charge >= 0.3 is 0 Å².